The molecule has 1 aromatic carbocycles. The molecule has 0 saturated carbocycles. The van der Waals surface area contributed by atoms with Crippen molar-refractivity contribution in [3.8, 4) is 5.75 Å². The van der Waals surface area contributed by atoms with Crippen molar-refractivity contribution in [1.29, 1.82) is 0 Å². The minimum Gasteiger partial charge on any atom is -0.482 e. The number of hydrogen-bond donors (Lipinski definition) is 3. The summed E-state index contributed by atoms with van der Waals surface area (Å²) in [5.41, 5.74) is 0.640. The normalized spacial score (nSPS) is 12.8. The summed E-state index contributed by atoms with van der Waals surface area (Å²) in [5.74, 6) is -0.683. The van der Waals surface area contributed by atoms with E-state index in [2.05, 4.69) is 16.4 Å². The number of ether oxygens (including phenoxy) is 1. The first kappa shape index (κ1) is 27.6. The molecule has 1 amide bonds. The van der Waals surface area contributed by atoms with E-state index >= 15 is 0 Å². The molecule has 0 aliphatic heterocycles. The van der Waals surface area contributed by atoms with Crippen molar-refractivity contribution in [2.45, 2.75) is 32.6 Å². The molecule has 0 spiro atoms. The Morgan fingerprint density at radius 2 is 1.97 bits per heavy atom. The molecule has 1 aromatic rings. The van der Waals surface area contributed by atoms with Crippen LogP contribution in [-0.2, 0) is 13.9 Å². The van der Waals surface area contributed by atoms with E-state index in [9.17, 15) is 19.3 Å². The fourth-order valence-electron chi connectivity index (χ4n) is 2.57. The number of halogens is 2. The molecule has 0 heterocycles. The highest BCUT2D eigenvalue weighted by Gasteiger charge is 2.18. The molecule has 1 rings (SSSR count). The molecule has 0 fully saturated rings. The Kier molecular flexibility index (Phi) is 13.0. The summed E-state index contributed by atoms with van der Waals surface area (Å²) in [4.78, 5) is 32.8. The Bertz CT molecular complexity index is 804. The van der Waals surface area contributed by atoms with Crippen LogP contribution < -0.4 is 10.1 Å². The van der Waals surface area contributed by atoms with Crippen LogP contribution in [0.4, 0.5) is 0 Å². The molecule has 8 nitrogen and oxygen atoms in total. The van der Waals surface area contributed by atoms with E-state index in [1.165, 1.54) is 12.1 Å². The summed E-state index contributed by atoms with van der Waals surface area (Å²) in [7, 11) is -3.00. The van der Waals surface area contributed by atoms with Gasteiger partial charge in [0.05, 0.1) is 11.6 Å². The van der Waals surface area contributed by atoms with Gasteiger partial charge in [-0.25, -0.2) is 0 Å². The number of unbranched alkanes of at least 4 members (excludes halogenated alkanes) is 1. The number of nitrogens with one attached hydrogen (secondary N) is 1. The van der Waals surface area contributed by atoms with Gasteiger partial charge >= 0.3 is 8.25 Å². The number of rotatable bonds is 15. The first-order valence-corrected chi connectivity index (χ1v) is 11.8. The van der Waals surface area contributed by atoms with Crippen molar-refractivity contribution in [2.24, 2.45) is 5.92 Å². The molecular weight excluding hydrogens is 468 g/mol. The van der Waals surface area contributed by atoms with Gasteiger partial charge < -0.3 is 24.6 Å². The molecule has 2 atom stereocenters. The van der Waals surface area contributed by atoms with Crippen molar-refractivity contribution >= 4 is 43.1 Å². The number of benzene rings is 1. The average molecular weight is 496 g/mol. The van der Waals surface area contributed by atoms with Crippen molar-refractivity contribution < 1.29 is 33.4 Å². The van der Waals surface area contributed by atoms with Crippen molar-refractivity contribution in [3.05, 3.63) is 39.9 Å². The zero-order valence-corrected chi connectivity index (χ0v) is 19.8. The molecular formula is C20H28Cl2NO7P. The van der Waals surface area contributed by atoms with Gasteiger partial charge in [0, 0.05) is 24.6 Å². The highest BCUT2D eigenvalue weighted by Crippen LogP contribution is 2.35. The highest BCUT2D eigenvalue weighted by atomic mass is 35.5. The van der Waals surface area contributed by atoms with Gasteiger partial charge in [0.2, 0.25) is 0 Å². The van der Waals surface area contributed by atoms with Crippen LogP contribution in [0.3, 0.4) is 0 Å². The van der Waals surface area contributed by atoms with Gasteiger partial charge in [0.25, 0.3) is 5.91 Å². The summed E-state index contributed by atoms with van der Waals surface area (Å²) in [6.45, 7) is 5.51. The third-order valence-electron chi connectivity index (χ3n) is 4.46. The third kappa shape index (κ3) is 9.73. The second-order valence-electron chi connectivity index (χ2n) is 6.79. The predicted molar refractivity (Wildman–Crippen MR) is 120 cm³/mol. The fraction of sp³-hybridized carbons (Fsp3) is 0.500. The quantitative estimate of drug-likeness (QED) is 0.146. The molecule has 0 aliphatic rings. The third-order valence-corrected chi connectivity index (χ3v) is 5.74. The second kappa shape index (κ2) is 14.6. The van der Waals surface area contributed by atoms with E-state index in [0.717, 1.165) is 0 Å². The van der Waals surface area contributed by atoms with Crippen LogP contribution in [0.2, 0.25) is 10.0 Å². The number of carbonyl (C=O) groups excluding carboxylic acids is 2. The van der Waals surface area contributed by atoms with Crippen LogP contribution in [0.25, 0.3) is 0 Å². The summed E-state index contributed by atoms with van der Waals surface area (Å²) >= 11 is 12.3. The van der Waals surface area contributed by atoms with Gasteiger partial charge in [-0.1, -0.05) is 43.1 Å². The Hall–Kier alpha value is -1.41. The molecule has 0 saturated heterocycles. The van der Waals surface area contributed by atoms with E-state index < -0.39 is 8.25 Å². The number of carbonyl (C=O) groups is 2. The number of ketones is 1. The Morgan fingerprint density at radius 3 is 2.58 bits per heavy atom. The van der Waals surface area contributed by atoms with Gasteiger partial charge in [-0.05, 0) is 37.0 Å². The lowest BCUT2D eigenvalue weighted by atomic mass is 10.0. The summed E-state index contributed by atoms with van der Waals surface area (Å²) < 4.78 is 20.6. The average Bonchev–Trinajstić information content (AvgIpc) is 2.75. The number of amides is 1. The fourth-order valence-corrected chi connectivity index (χ4v) is 3.41. The number of Topliss-reactive ketones (excluding diaryl/α,β-unsaturated/α-hetero) is 1. The minimum atomic E-state index is -3.00. The Balaban J connectivity index is 2.41. The van der Waals surface area contributed by atoms with Crippen LogP contribution in [0, 0.1) is 5.92 Å². The zero-order chi connectivity index (χ0) is 23.4. The predicted octanol–water partition coefficient (Wildman–Crippen LogP) is 3.81. The summed E-state index contributed by atoms with van der Waals surface area (Å²) in [5, 5.41) is 12.0. The Morgan fingerprint density at radius 1 is 1.26 bits per heavy atom. The SMILES string of the molecule is C=C(CC)C(=O)c1ccc(OCC(=O)NCCCCC(CO)CO[PH](=O)O)c(Cl)c1Cl. The van der Waals surface area contributed by atoms with Gasteiger partial charge in [-0.15, -0.1) is 0 Å². The van der Waals surface area contributed by atoms with Crippen molar-refractivity contribution in [3.63, 3.8) is 0 Å². The monoisotopic (exact) mass is 495 g/mol. The maximum atomic E-state index is 12.2. The first-order valence-electron chi connectivity index (χ1n) is 9.77. The van der Waals surface area contributed by atoms with E-state index in [4.69, 9.17) is 32.8 Å². The minimum absolute atomic E-state index is 0.0191. The zero-order valence-electron chi connectivity index (χ0n) is 17.3. The molecule has 11 heteroatoms. The van der Waals surface area contributed by atoms with E-state index in [1.807, 2.05) is 6.92 Å². The van der Waals surface area contributed by atoms with Gasteiger partial charge in [-0.2, -0.15) is 0 Å². The molecule has 2 unspecified atom stereocenters. The summed E-state index contributed by atoms with van der Waals surface area (Å²) in [6.07, 6.45) is 2.44. The van der Waals surface area contributed by atoms with E-state index in [0.29, 0.717) is 37.8 Å². The second-order valence-corrected chi connectivity index (χ2v) is 8.36. The molecule has 0 radical (unpaired) electrons. The molecule has 0 bridgehead atoms. The van der Waals surface area contributed by atoms with Gasteiger partial charge in [-0.3, -0.25) is 14.2 Å². The van der Waals surface area contributed by atoms with Crippen molar-refractivity contribution in [2.75, 3.05) is 26.4 Å². The first-order chi connectivity index (χ1) is 14.7. The summed E-state index contributed by atoms with van der Waals surface area (Å²) in [6, 6.07) is 2.97. The maximum absolute atomic E-state index is 12.2. The maximum Gasteiger partial charge on any atom is 0.316 e. The number of allylic oxidation sites excluding steroid dienone is 1. The topological polar surface area (TPSA) is 122 Å². The van der Waals surface area contributed by atoms with Crippen LogP contribution >= 0.6 is 31.5 Å². The van der Waals surface area contributed by atoms with Crippen LogP contribution in [0.15, 0.2) is 24.3 Å². The van der Waals surface area contributed by atoms with E-state index in [1.54, 1.807) is 0 Å². The van der Waals surface area contributed by atoms with Gasteiger partial charge in [0.15, 0.2) is 12.4 Å². The lowest BCUT2D eigenvalue weighted by molar-refractivity contribution is -0.123. The molecule has 31 heavy (non-hydrogen) atoms. The number of hydrogen-bond acceptors (Lipinski definition) is 6. The molecule has 3 N–H and O–H groups in total. The Labute approximate surface area is 192 Å². The standard InChI is InChI=1S/C20H28Cl2NO7P/c1-3-13(2)20(26)15-7-8-16(19(22)18(15)21)29-12-17(25)23-9-5-4-6-14(10-24)11-30-31(27)28/h7-8,14,24,31H,2-6,9-12H2,1H3,(H,23,25)(H,27,28). The lowest BCUT2D eigenvalue weighted by Gasteiger charge is -2.13. The van der Waals surface area contributed by atoms with Crippen LogP contribution in [0.5, 0.6) is 5.75 Å². The van der Waals surface area contributed by atoms with Crippen molar-refractivity contribution in [1.82, 2.24) is 5.32 Å². The smallest absolute Gasteiger partial charge is 0.316 e. The largest absolute Gasteiger partial charge is 0.482 e. The number of aliphatic hydroxyl groups excluding tert-OH is 1. The highest BCUT2D eigenvalue weighted by molar-refractivity contribution is 7.32. The van der Waals surface area contributed by atoms with Gasteiger partial charge in [0.1, 0.15) is 10.8 Å². The molecule has 174 valence electrons. The molecule has 0 aromatic heterocycles. The lowest BCUT2D eigenvalue weighted by Crippen LogP contribution is -2.29. The van der Waals surface area contributed by atoms with Crippen LogP contribution in [-0.4, -0.2) is 48.1 Å². The van der Waals surface area contributed by atoms with Crippen LogP contribution in [0.1, 0.15) is 43.0 Å². The molecule has 0 aliphatic carbocycles. The number of aliphatic hydroxyl groups is 1. The van der Waals surface area contributed by atoms with E-state index in [-0.39, 0.29) is 58.8 Å².